The highest BCUT2D eigenvalue weighted by Crippen LogP contribution is 2.33. The Morgan fingerprint density at radius 2 is 2.29 bits per heavy atom. The Morgan fingerprint density at radius 3 is 2.93 bits per heavy atom. The molecular weight excluding hydrogens is 176 g/mol. The predicted molar refractivity (Wildman–Crippen MR) is 55.4 cm³/mol. The Morgan fingerprint density at radius 1 is 1.43 bits per heavy atom. The van der Waals surface area contributed by atoms with Crippen LogP contribution in [0.5, 0.6) is 5.75 Å². The molecule has 2 atom stereocenters. The monoisotopic (exact) mass is 192 g/mol. The van der Waals surface area contributed by atoms with E-state index < -0.39 is 0 Å². The predicted octanol–water partition coefficient (Wildman–Crippen LogP) is 1.69. The highest BCUT2D eigenvalue weighted by Gasteiger charge is 2.25. The molecule has 0 spiro atoms. The summed E-state index contributed by atoms with van der Waals surface area (Å²) in [6, 6.07) is 2.34. The molecule has 1 aliphatic rings. The smallest absolute Gasteiger partial charge is 0.137 e. The first-order chi connectivity index (χ1) is 6.81. The minimum absolute atomic E-state index is 0.295. The van der Waals surface area contributed by atoms with E-state index in [1.54, 1.807) is 13.3 Å². The molecule has 1 fully saturated rings. The lowest BCUT2D eigenvalue weighted by atomic mass is 9.96. The van der Waals surface area contributed by atoms with Gasteiger partial charge in [0.2, 0.25) is 0 Å². The van der Waals surface area contributed by atoms with Gasteiger partial charge in [-0.2, -0.15) is 0 Å². The first kappa shape index (κ1) is 9.46. The standard InChI is InChI=1S/C11H16N2O/c1-14-9-5-8(6-13-7-9)10-3-2-4-11(10)12/h5-7,10-11H,2-4,12H2,1H3. The van der Waals surface area contributed by atoms with Crippen molar-refractivity contribution in [2.45, 2.75) is 31.2 Å². The van der Waals surface area contributed by atoms with E-state index in [4.69, 9.17) is 10.5 Å². The van der Waals surface area contributed by atoms with Crippen LogP contribution < -0.4 is 10.5 Å². The molecule has 2 unspecified atom stereocenters. The summed E-state index contributed by atoms with van der Waals surface area (Å²) in [5.41, 5.74) is 7.25. The molecule has 3 heteroatoms. The van der Waals surface area contributed by atoms with Crippen molar-refractivity contribution in [3.05, 3.63) is 24.0 Å². The molecule has 76 valence electrons. The highest BCUT2D eigenvalue weighted by molar-refractivity contribution is 5.28. The summed E-state index contributed by atoms with van der Waals surface area (Å²) in [6.07, 6.45) is 7.16. The van der Waals surface area contributed by atoms with E-state index in [2.05, 4.69) is 4.98 Å². The summed E-state index contributed by atoms with van der Waals surface area (Å²) in [7, 11) is 1.66. The Labute approximate surface area is 84.3 Å². The van der Waals surface area contributed by atoms with Gasteiger partial charge >= 0.3 is 0 Å². The van der Waals surface area contributed by atoms with Crippen LogP contribution in [0.1, 0.15) is 30.7 Å². The van der Waals surface area contributed by atoms with Crippen molar-refractivity contribution in [2.75, 3.05) is 7.11 Å². The molecule has 0 saturated heterocycles. The Kier molecular flexibility index (Phi) is 2.68. The first-order valence-corrected chi connectivity index (χ1v) is 5.06. The number of aromatic nitrogens is 1. The molecule has 1 saturated carbocycles. The third-order valence-corrected chi connectivity index (χ3v) is 2.97. The van der Waals surface area contributed by atoms with Crippen LogP contribution in [0, 0.1) is 0 Å². The van der Waals surface area contributed by atoms with E-state index in [9.17, 15) is 0 Å². The summed E-state index contributed by atoms with van der Waals surface area (Å²) in [4.78, 5) is 4.15. The highest BCUT2D eigenvalue weighted by atomic mass is 16.5. The van der Waals surface area contributed by atoms with Crippen molar-refractivity contribution in [1.29, 1.82) is 0 Å². The number of hydrogen-bond acceptors (Lipinski definition) is 3. The minimum Gasteiger partial charge on any atom is -0.495 e. The molecule has 2 rings (SSSR count). The zero-order valence-electron chi connectivity index (χ0n) is 8.44. The normalized spacial score (nSPS) is 26.4. The second-order valence-electron chi connectivity index (χ2n) is 3.86. The van der Waals surface area contributed by atoms with Gasteiger partial charge in [0.15, 0.2) is 0 Å². The lowest BCUT2D eigenvalue weighted by Crippen LogP contribution is -2.22. The molecule has 2 N–H and O–H groups in total. The van der Waals surface area contributed by atoms with E-state index >= 15 is 0 Å². The molecule has 0 bridgehead atoms. The van der Waals surface area contributed by atoms with E-state index in [1.807, 2.05) is 12.3 Å². The molecule has 0 amide bonds. The molecule has 1 aromatic heterocycles. The lowest BCUT2D eigenvalue weighted by Gasteiger charge is -2.15. The van der Waals surface area contributed by atoms with Gasteiger partial charge in [0, 0.05) is 18.2 Å². The molecule has 1 heterocycles. The second kappa shape index (κ2) is 3.96. The van der Waals surface area contributed by atoms with Gasteiger partial charge < -0.3 is 10.5 Å². The van der Waals surface area contributed by atoms with Gasteiger partial charge in [0.1, 0.15) is 5.75 Å². The lowest BCUT2D eigenvalue weighted by molar-refractivity contribution is 0.411. The quantitative estimate of drug-likeness (QED) is 0.775. The minimum atomic E-state index is 0.295. The fourth-order valence-corrected chi connectivity index (χ4v) is 2.15. The fourth-order valence-electron chi connectivity index (χ4n) is 2.15. The third kappa shape index (κ3) is 1.73. The fraction of sp³-hybridized carbons (Fsp3) is 0.545. The second-order valence-corrected chi connectivity index (χ2v) is 3.86. The van der Waals surface area contributed by atoms with Gasteiger partial charge in [-0.05, 0) is 24.5 Å². The summed E-state index contributed by atoms with van der Waals surface area (Å²) < 4.78 is 5.15. The maximum absolute atomic E-state index is 6.03. The molecule has 1 aliphatic carbocycles. The molecule has 0 aromatic carbocycles. The van der Waals surface area contributed by atoms with Crippen LogP contribution >= 0.6 is 0 Å². The van der Waals surface area contributed by atoms with Crippen LogP contribution in [-0.4, -0.2) is 18.1 Å². The topological polar surface area (TPSA) is 48.1 Å². The number of nitrogens with two attached hydrogens (primary N) is 1. The van der Waals surface area contributed by atoms with Crippen molar-refractivity contribution in [2.24, 2.45) is 5.73 Å². The van der Waals surface area contributed by atoms with Crippen molar-refractivity contribution < 1.29 is 4.74 Å². The number of pyridine rings is 1. The SMILES string of the molecule is COc1cncc(C2CCCC2N)c1. The Bertz CT molecular complexity index is 314. The van der Waals surface area contributed by atoms with E-state index in [0.717, 1.165) is 12.2 Å². The van der Waals surface area contributed by atoms with Gasteiger partial charge in [-0.3, -0.25) is 4.98 Å². The number of hydrogen-bond donors (Lipinski definition) is 1. The van der Waals surface area contributed by atoms with Crippen LogP contribution in [0.3, 0.4) is 0 Å². The summed E-state index contributed by atoms with van der Waals surface area (Å²) in [5, 5.41) is 0. The van der Waals surface area contributed by atoms with E-state index in [0.29, 0.717) is 12.0 Å². The summed E-state index contributed by atoms with van der Waals surface area (Å²) in [6.45, 7) is 0. The molecule has 14 heavy (non-hydrogen) atoms. The Hall–Kier alpha value is -1.09. The van der Waals surface area contributed by atoms with Crippen LogP contribution in [0.15, 0.2) is 18.5 Å². The van der Waals surface area contributed by atoms with Gasteiger partial charge in [-0.15, -0.1) is 0 Å². The average Bonchev–Trinajstić information content (AvgIpc) is 2.65. The van der Waals surface area contributed by atoms with Crippen LogP contribution in [0.25, 0.3) is 0 Å². The van der Waals surface area contributed by atoms with Crippen LogP contribution in [-0.2, 0) is 0 Å². The number of methoxy groups -OCH3 is 1. The summed E-state index contributed by atoms with van der Waals surface area (Å²) >= 11 is 0. The Balaban J connectivity index is 2.22. The van der Waals surface area contributed by atoms with E-state index in [-0.39, 0.29) is 0 Å². The zero-order valence-corrected chi connectivity index (χ0v) is 8.44. The van der Waals surface area contributed by atoms with Gasteiger partial charge in [0.25, 0.3) is 0 Å². The van der Waals surface area contributed by atoms with Gasteiger partial charge in [-0.25, -0.2) is 0 Å². The van der Waals surface area contributed by atoms with Gasteiger partial charge in [0.05, 0.1) is 13.3 Å². The molecule has 0 aliphatic heterocycles. The third-order valence-electron chi connectivity index (χ3n) is 2.97. The molecule has 0 radical (unpaired) electrons. The number of ether oxygens (including phenoxy) is 1. The maximum Gasteiger partial charge on any atom is 0.137 e. The molecule has 3 nitrogen and oxygen atoms in total. The molecule has 1 aromatic rings. The van der Waals surface area contributed by atoms with E-state index in [1.165, 1.54) is 18.4 Å². The number of rotatable bonds is 2. The number of nitrogens with zero attached hydrogens (tertiary/aromatic N) is 1. The van der Waals surface area contributed by atoms with Crippen molar-refractivity contribution in [1.82, 2.24) is 4.98 Å². The van der Waals surface area contributed by atoms with Crippen molar-refractivity contribution >= 4 is 0 Å². The zero-order chi connectivity index (χ0) is 9.97. The van der Waals surface area contributed by atoms with Crippen molar-refractivity contribution in [3.63, 3.8) is 0 Å². The van der Waals surface area contributed by atoms with Crippen LogP contribution in [0.4, 0.5) is 0 Å². The molecular formula is C11H16N2O. The first-order valence-electron chi connectivity index (χ1n) is 5.06. The summed E-state index contributed by atoms with van der Waals surface area (Å²) in [5.74, 6) is 1.29. The van der Waals surface area contributed by atoms with Crippen molar-refractivity contribution in [3.8, 4) is 5.75 Å². The van der Waals surface area contributed by atoms with Crippen LogP contribution in [0.2, 0.25) is 0 Å². The largest absolute Gasteiger partial charge is 0.495 e. The average molecular weight is 192 g/mol. The van der Waals surface area contributed by atoms with Gasteiger partial charge in [-0.1, -0.05) is 6.42 Å². The maximum atomic E-state index is 6.03.